The summed E-state index contributed by atoms with van der Waals surface area (Å²) in [4.78, 5) is 22.5. The van der Waals surface area contributed by atoms with Crippen LogP contribution in [0.4, 0.5) is 0 Å². The van der Waals surface area contributed by atoms with Gasteiger partial charge >= 0.3 is 5.63 Å². The summed E-state index contributed by atoms with van der Waals surface area (Å²) in [5, 5.41) is 6.21. The second-order valence-electron chi connectivity index (χ2n) is 4.33. The van der Waals surface area contributed by atoms with Gasteiger partial charge in [0.2, 0.25) is 0 Å². The van der Waals surface area contributed by atoms with E-state index in [4.69, 9.17) is 0 Å². The molecule has 0 spiro atoms. The molecule has 1 aromatic rings. The first-order chi connectivity index (χ1) is 7.75. The Labute approximate surface area is 91.8 Å². The van der Waals surface area contributed by atoms with E-state index in [0.717, 1.165) is 13.1 Å². The standard InChI is InChI=1S/C11H12N2O3/c14-9-2-1-6(5-16-9)11(15)13-10-7-3-12-4-8(7)10/h1-2,5,7-8,10,12H,3-4H2,(H,13,15). The molecule has 0 aromatic carbocycles. The number of piperidine rings is 1. The third-order valence-electron chi connectivity index (χ3n) is 3.35. The number of rotatable bonds is 2. The number of hydrogen-bond acceptors (Lipinski definition) is 4. The van der Waals surface area contributed by atoms with Crippen molar-refractivity contribution in [2.24, 2.45) is 11.8 Å². The van der Waals surface area contributed by atoms with Crippen LogP contribution in [0.3, 0.4) is 0 Å². The Morgan fingerprint density at radius 2 is 2.12 bits per heavy atom. The Hall–Kier alpha value is -1.62. The molecule has 2 heterocycles. The molecule has 1 aromatic heterocycles. The van der Waals surface area contributed by atoms with Gasteiger partial charge in [-0.15, -0.1) is 0 Å². The zero-order valence-corrected chi connectivity index (χ0v) is 8.60. The van der Waals surface area contributed by atoms with E-state index in [-0.39, 0.29) is 5.91 Å². The summed E-state index contributed by atoms with van der Waals surface area (Å²) >= 11 is 0. The fraction of sp³-hybridized carbons (Fsp3) is 0.455. The van der Waals surface area contributed by atoms with Gasteiger partial charge < -0.3 is 15.1 Å². The van der Waals surface area contributed by atoms with Crippen LogP contribution in [0.25, 0.3) is 0 Å². The van der Waals surface area contributed by atoms with E-state index in [2.05, 4.69) is 15.1 Å². The Bertz CT molecular complexity index is 452. The van der Waals surface area contributed by atoms with Crippen molar-refractivity contribution in [3.63, 3.8) is 0 Å². The smallest absolute Gasteiger partial charge is 0.335 e. The monoisotopic (exact) mass is 220 g/mol. The highest BCUT2D eigenvalue weighted by molar-refractivity contribution is 5.94. The normalized spacial score (nSPS) is 30.9. The van der Waals surface area contributed by atoms with Crippen LogP contribution < -0.4 is 16.3 Å². The molecule has 2 atom stereocenters. The number of carbonyl (C=O) groups is 1. The van der Waals surface area contributed by atoms with Gasteiger partial charge in [0.15, 0.2) is 0 Å². The van der Waals surface area contributed by atoms with E-state index in [1.807, 2.05) is 0 Å². The fourth-order valence-corrected chi connectivity index (χ4v) is 2.35. The molecule has 5 heteroatoms. The fourth-order valence-electron chi connectivity index (χ4n) is 2.35. The SMILES string of the molecule is O=C(NC1C2CNCC21)c1ccc(=O)oc1. The van der Waals surface area contributed by atoms with Crippen molar-refractivity contribution in [3.05, 3.63) is 34.4 Å². The maximum absolute atomic E-state index is 11.7. The van der Waals surface area contributed by atoms with Gasteiger partial charge in [-0.3, -0.25) is 4.79 Å². The minimum atomic E-state index is -0.441. The molecule has 2 fully saturated rings. The first-order valence-corrected chi connectivity index (χ1v) is 5.36. The Kier molecular flexibility index (Phi) is 2.07. The summed E-state index contributed by atoms with van der Waals surface area (Å²) in [5.41, 5.74) is -0.0402. The second kappa shape index (κ2) is 3.45. The second-order valence-corrected chi connectivity index (χ2v) is 4.33. The maximum atomic E-state index is 11.7. The summed E-state index contributed by atoms with van der Waals surface area (Å²) in [6.07, 6.45) is 1.20. The molecular weight excluding hydrogens is 208 g/mol. The van der Waals surface area contributed by atoms with Gasteiger partial charge in [0, 0.05) is 25.2 Å². The number of nitrogens with one attached hydrogen (secondary N) is 2. The zero-order valence-electron chi connectivity index (χ0n) is 8.60. The summed E-state index contributed by atoms with van der Waals surface area (Å²) in [7, 11) is 0. The van der Waals surface area contributed by atoms with E-state index in [1.165, 1.54) is 18.4 Å². The Morgan fingerprint density at radius 3 is 2.75 bits per heavy atom. The van der Waals surface area contributed by atoms with Crippen LogP contribution in [0, 0.1) is 11.8 Å². The van der Waals surface area contributed by atoms with Crippen LogP contribution in [0.2, 0.25) is 0 Å². The van der Waals surface area contributed by atoms with Crippen LogP contribution in [-0.2, 0) is 0 Å². The van der Waals surface area contributed by atoms with Gasteiger partial charge in [-0.2, -0.15) is 0 Å². The van der Waals surface area contributed by atoms with Crippen LogP contribution in [0.15, 0.2) is 27.6 Å². The highest BCUT2D eigenvalue weighted by Crippen LogP contribution is 2.41. The van der Waals surface area contributed by atoms with Crippen molar-refractivity contribution < 1.29 is 9.21 Å². The molecule has 2 N–H and O–H groups in total. The van der Waals surface area contributed by atoms with Crippen molar-refractivity contribution >= 4 is 5.91 Å². The van der Waals surface area contributed by atoms with Crippen LogP contribution in [-0.4, -0.2) is 25.0 Å². The van der Waals surface area contributed by atoms with Crippen molar-refractivity contribution in [2.75, 3.05) is 13.1 Å². The number of carbonyl (C=O) groups excluding carboxylic acids is 1. The lowest BCUT2D eigenvalue weighted by Gasteiger charge is -2.06. The third-order valence-corrected chi connectivity index (χ3v) is 3.35. The van der Waals surface area contributed by atoms with Gasteiger partial charge in [0.05, 0.1) is 5.56 Å². The molecule has 1 saturated carbocycles. The van der Waals surface area contributed by atoms with E-state index >= 15 is 0 Å². The van der Waals surface area contributed by atoms with Crippen LogP contribution in [0.5, 0.6) is 0 Å². The van der Waals surface area contributed by atoms with Crippen molar-refractivity contribution in [2.45, 2.75) is 6.04 Å². The minimum Gasteiger partial charge on any atom is -0.430 e. The number of hydrogen-bond donors (Lipinski definition) is 2. The van der Waals surface area contributed by atoms with E-state index in [1.54, 1.807) is 0 Å². The molecule has 3 rings (SSSR count). The van der Waals surface area contributed by atoms with Gasteiger partial charge in [0.1, 0.15) is 6.26 Å². The molecule has 1 amide bonds. The van der Waals surface area contributed by atoms with Gasteiger partial charge in [0.25, 0.3) is 5.91 Å². The molecule has 1 aliphatic carbocycles. The summed E-state index contributed by atoms with van der Waals surface area (Å²) in [5.74, 6) is 1.00. The van der Waals surface area contributed by atoms with Crippen molar-refractivity contribution in [1.82, 2.24) is 10.6 Å². The van der Waals surface area contributed by atoms with E-state index in [9.17, 15) is 9.59 Å². The summed E-state index contributed by atoms with van der Waals surface area (Å²) in [6.45, 7) is 1.97. The lowest BCUT2D eigenvalue weighted by Crippen LogP contribution is -2.32. The summed E-state index contributed by atoms with van der Waals surface area (Å²) < 4.78 is 4.65. The van der Waals surface area contributed by atoms with Crippen molar-refractivity contribution in [1.29, 1.82) is 0 Å². The molecule has 5 nitrogen and oxygen atoms in total. The molecule has 2 unspecified atom stereocenters. The zero-order chi connectivity index (χ0) is 11.1. The van der Waals surface area contributed by atoms with Crippen molar-refractivity contribution in [3.8, 4) is 0 Å². The van der Waals surface area contributed by atoms with Gasteiger partial charge in [-0.05, 0) is 17.9 Å². The molecular formula is C11H12N2O3. The lowest BCUT2D eigenvalue weighted by atomic mass is 10.3. The van der Waals surface area contributed by atoms with E-state index in [0.29, 0.717) is 23.4 Å². The first kappa shape index (κ1) is 9.59. The molecule has 16 heavy (non-hydrogen) atoms. The molecule has 0 radical (unpaired) electrons. The van der Waals surface area contributed by atoms with Crippen LogP contribution in [0.1, 0.15) is 10.4 Å². The highest BCUT2D eigenvalue weighted by Gasteiger charge is 2.53. The Morgan fingerprint density at radius 1 is 1.38 bits per heavy atom. The number of fused-ring (bicyclic) bond motifs is 1. The number of amides is 1. The largest absolute Gasteiger partial charge is 0.430 e. The predicted octanol–water partition coefficient (Wildman–Crippen LogP) is -0.413. The highest BCUT2D eigenvalue weighted by atomic mass is 16.4. The lowest BCUT2D eigenvalue weighted by molar-refractivity contribution is 0.0944. The molecule has 84 valence electrons. The van der Waals surface area contributed by atoms with E-state index < -0.39 is 5.63 Å². The molecule has 1 saturated heterocycles. The molecule has 0 bridgehead atoms. The third kappa shape index (κ3) is 1.53. The minimum absolute atomic E-state index is 0.164. The average Bonchev–Trinajstić information content (AvgIpc) is 2.75. The Balaban J connectivity index is 1.65. The van der Waals surface area contributed by atoms with Gasteiger partial charge in [-0.1, -0.05) is 0 Å². The van der Waals surface area contributed by atoms with Gasteiger partial charge in [-0.25, -0.2) is 4.79 Å². The maximum Gasteiger partial charge on any atom is 0.335 e. The molecule has 1 aliphatic heterocycles. The predicted molar refractivity (Wildman–Crippen MR) is 56.1 cm³/mol. The molecule has 2 aliphatic rings. The summed E-state index contributed by atoms with van der Waals surface area (Å²) in [6, 6.07) is 3.03. The average molecular weight is 220 g/mol. The van der Waals surface area contributed by atoms with Crippen LogP contribution >= 0.6 is 0 Å². The topological polar surface area (TPSA) is 71.3 Å². The quantitative estimate of drug-likeness (QED) is 0.710. The first-order valence-electron chi connectivity index (χ1n) is 5.36.